The van der Waals surface area contributed by atoms with Crippen LogP contribution < -0.4 is 11.2 Å². The number of benzene rings is 1. The topological polar surface area (TPSA) is 124 Å². The SMILES string of the molecule is Cc1cc(Cl)cc(-c2ncnn3cc(Cn4c(=O)cc[nH]c4=O)cc23)c1CC1CN(C(=O)OC(C)(C)C)C[C@H](C)O1. The Balaban J connectivity index is 1.50. The first kappa shape index (κ1) is 28.6. The summed E-state index contributed by atoms with van der Waals surface area (Å²) in [5.41, 5.74) is 3.33. The summed E-state index contributed by atoms with van der Waals surface area (Å²) < 4.78 is 14.7. The van der Waals surface area contributed by atoms with Crippen LogP contribution in [-0.2, 0) is 22.4 Å². The molecule has 216 valence electrons. The number of aromatic amines is 1. The number of ether oxygens (including phenoxy) is 2. The van der Waals surface area contributed by atoms with Crippen LogP contribution in [-0.4, -0.2) is 66.0 Å². The summed E-state index contributed by atoms with van der Waals surface area (Å²) in [6, 6.07) is 6.93. The highest BCUT2D eigenvalue weighted by atomic mass is 35.5. The molecule has 12 heteroatoms. The smallest absolute Gasteiger partial charge is 0.410 e. The molecule has 1 unspecified atom stereocenters. The fourth-order valence-electron chi connectivity index (χ4n) is 5.18. The van der Waals surface area contributed by atoms with E-state index in [9.17, 15) is 14.4 Å². The first-order chi connectivity index (χ1) is 19.4. The summed E-state index contributed by atoms with van der Waals surface area (Å²) in [7, 11) is 0. The largest absolute Gasteiger partial charge is 0.444 e. The molecule has 1 N–H and O–H groups in total. The van der Waals surface area contributed by atoms with Crippen LogP contribution in [0.3, 0.4) is 0 Å². The van der Waals surface area contributed by atoms with E-state index in [1.807, 2.05) is 52.8 Å². The Morgan fingerprint density at radius 1 is 1.22 bits per heavy atom. The van der Waals surface area contributed by atoms with Crippen molar-refractivity contribution in [3.05, 3.63) is 85.5 Å². The quantitative estimate of drug-likeness (QED) is 0.380. The van der Waals surface area contributed by atoms with Gasteiger partial charge in [-0.3, -0.25) is 9.36 Å². The Labute approximate surface area is 241 Å². The zero-order valence-corrected chi connectivity index (χ0v) is 24.4. The van der Waals surface area contributed by atoms with E-state index in [0.717, 1.165) is 21.3 Å². The second kappa shape index (κ2) is 11.1. The fourth-order valence-corrected chi connectivity index (χ4v) is 5.45. The Kier molecular flexibility index (Phi) is 7.76. The molecule has 11 nitrogen and oxygen atoms in total. The molecule has 0 aliphatic carbocycles. The van der Waals surface area contributed by atoms with E-state index in [1.54, 1.807) is 15.6 Å². The number of aryl methyl sites for hydroxylation is 1. The lowest BCUT2D eigenvalue weighted by atomic mass is 9.93. The second-order valence-corrected chi connectivity index (χ2v) is 11.8. The number of H-pyrrole nitrogens is 1. The highest BCUT2D eigenvalue weighted by Crippen LogP contribution is 2.33. The van der Waals surface area contributed by atoms with Crippen molar-refractivity contribution in [2.45, 2.75) is 65.4 Å². The molecule has 41 heavy (non-hydrogen) atoms. The number of rotatable bonds is 5. The minimum Gasteiger partial charge on any atom is -0.444 e. The van der Waals surface area contributed by atoms with Crippen molar-refractivity contribution in [3.8, 4) is 11.3 Å². The average molecular weight is 581 g/mol. The van der Waals surface area contributed by atoms with E-state index in [1.165, 1.54) is 18.6 Å². The third-order valence-corrected chi connectivity index (χ3v) is 7.07. The van der Waals surface area contributed by atoms with Gasteiger partial charge in [-0.25, -0.2) is 19.1 Å². The van der Waals surface area contributed by atoms with Crippen molar-refractivity contribution in [3.63, 3.8) is 0 Å². The number of hydrogen-bond acceptors (Lipinski definition) is 7. The Morgan fingerprint density at radius 3 is 2.73 bits per heavy atom. The molecule has 1 amide bonds. The molecule has 1 aliphatic rings. The number of halogens is 1. The van der Waals surface area contributed by atoms with Gasteiger partial charge < -0.3 is 19.4 Å². The molecule has 0 spiro atoms. The third-order valence-electron chi connectivity index (χ3n) is 6.85. The summed E-state index contributed by atoms with van der Waals surface area (Å²) in [5.74, 6) is 0. The van der Waals surface area contributed by atoms with E-state index < -0.39 is 16.9 Å². The number of amides is 1. The van der Waals surface area contributed by atoms with E-state index >= 15 is 0 Å². The van der Waals surface area contributed by atoms with E-state index in [4.69, 9.17) is 21.1 Å². The Hall–Kier alpha value is -3.96. The summed E-state index contributed by atoms with van der Waals surface area (Å²) in [6.45, 7) is 10.4. The molecule has 1 saturated heterocycles. The lowest BCUT2D eigenvalue weighted by molar-refractivity contribution is -0.0791. The van der Waals surface area contributed by atoms with E-state index in [-0.39, 0.29) is 24.8 Å². The molecular weight excluding hydrogens is 548 g/mol. The molecule has 0 bridgehead atoms. The maximum absolute atomic E-state index is 12.8. The molecule has 0 radical (unpaired) electrons. The molecule has 1 fully saturated rings. The molecule has 4 aromatic rings. The lowest BCUT2D eigenvalue weighted by Gasteiger charge is -2.38. The van der Waals surface area contributed by atoms with Crippen molar-refractivity contribution >= 4 is 23.2 Å². The molecule has 5 rings (SSSR count). The maximum atomic E-state index is 12.8. The number of nitrogens with one attached hydrogen (secondary N) is 1. The maximum Gasteiger partial charge on any atom is 0.410 e. The standard InChI is InChI=1S/C29H33ClN6O5/c1-17-8-20(30)10-23(22(17)11-21-15-34(12-18(2)40-21)28(39)41-29(3,4)5)26-24-9-19(14-36(24)33-16-32-26)13-35-25(37)6-7-31-27(35)38/h6-10,14,16,18,21H,11-13,15H2,1-5H3,(H,31,38)/t18-,21?/m0/s1. The summed E-state index contributed by atoms with van der Waals surface area (Å²) >= 11 is 6.54. The Morgan fingerprint density at radius 2 is 2.00 bits per heavy atom. The van der Waals surface area contributed by atoms with Gasteiger partial charge in [0.15, 0.2) is 0 Å². The van der Waals surface area contributed by atoms with E-state index in [2.05, 4.69) is 15.1 Å². The minimum atomic E-state index is -0.593. The molecule has 2 atom stereocenters. The molecular formula is C29H33ClN6O5. The van der Waals surface area contributed by atoms with Gasteiger partial charge in [0.25, 0.3) is 5.56 Å². The van der Waals surface area contributed by atoms with E-state index in [0.29, 0.717) is 41.3 Å². The molecule has 3 aromatic heterocycles. The predicted octanol–water partition coefficient (Wildman–Crippen LogP) is 3.82. The first-order valence-electron chi connectivity index (χ1n) is 13.4. The van der Waals surface area contributed by atoms with Gasteiger partial charge in [-0.2, -0.15) is 5.10 Å². The van der Waals surface area contributed by atoms with Crippen molar-refractivity contribution in [2.75, 3.05) is 13.1 Å². The van der Waals surface area contributed by atoms with Crippen LogP contribution in [0.25, 0.3) is 16.8 Å². The van der Waals surface area contributed by atoms with Gasteiger partial charge in [-0.05, 0) is 69.5 Å². The lowest BCUT2D eigenvalue weighted by Crippen LogP contribution is -2.51. The summed E-state index contributed by atoms with van der Waals surface area (Å²) in [4.78, 5) is 46.2. The van der Waals surface area contributed by atoms with Crippen LogP contribution in [0.5, 0.6) is 0 Å². The zero-order chi connectivity index (χ0) is 29.5. The Bertz CT molecular complexity index is 1690. The number of fused-ring (bicyclic) bond motifs is 1. The molecule has 1 aromatic carbocycles. The van der Waals surface area contributed by atoms with Crippen LogP contribution in [0.2, 0.25) is 5.02 Å². The van der Waals surface area contributed by atoms with Crippen LogP contribution in [0.4, 0.5) is 4.79 Å². The van der Waals surface area contributed by atoms with Gasteiger partial charge in [0, 0.05) is 35.5 Å². The second-order valence-electron chi connectivity index (χ2n) is 11.4. The number of aromatic nitrogens is 5. The van der Waals surface area contributed by atoms with Crippen LogP contribution in [0.15, 0.2) is 52.6 Å². The van der Waals surface area contributed by atoms with Gasteiger partial charge >= 0.3 is 11.8 Å². The fraction of sp³-hybridized carbons (Fsp3) is 0.414. The number of carbonyl (C=O) groups is 1. The molecule has 1 aliphatic heterocycles. The summed E-state index contributed by atoms with van der Waals surface area (Å²) in [6.07, 6.45) is 4.26. The number of carbonyl (C=O) groups excluding carboxylic acids is 1. The highest BCUT2D eigenvalue weighted by molar-refractivity contribution is 6.31. The van der Waals surface area contributed by atoms with Crippen molar-refractivity contribution in [1.82, 2.24) is 29.0 Å². The summed E-state index contributed by atoms with van der Waals surface area (Å²) in [5, 5.41) is 4.91. The van der Waals surface area contributed by atoms with Gasteiger partial charge in [-0.15, -0.1) is 0 Å². The van der Waals surface area contributed by atoms with Crippen LogP contribution in [0.1, 0.15) is 44.4 Å². The van der Waals surface area contributed by atoms with Gasteiger partial charge in [0.2, 0.25) is 0 Å². The molecule has 4 heterocycles. The van der Waals surface area contributed by atoms with Gasteiger partial charge in [0.1, 0.15) is 11.9 Å². The zero-order valence-electron chi connectivity index (χ0n) is 23.7. The number of nitrogens with zero attached hydrogens (tertiary/aromatic N) is 5. The molecule has 0 saturated carbocycles. The highest BCUT2D eigenvalue weighted by Gasteiger charge is 2.32. The number of hydrogen-bond donors (Lipinski definition) is 1. The van der Waals surface area contributed by atoms with Crippen LogP contribution >= 0.6 is 11.6 Å². The normalized spacial score (nSPS) is 17.7. The monoisotopic (exact) mass is 580 g/mol. The van der Waals surface area contributed by atoms with Crippen molar-refractivity contribution < 1.29 is 14.3 Å². The minimum absolute atomic E-state index is 0.0769. The van der Waals surface area contributed by atoms with Crippen molar-refractivity contribution in [2.24, 2.45) is 0 Å². The predicted molar refractivity (Wildman–Crippen MR) is 154 cm³/mol. The number of morpholine rings is 1. The third kappa shape index (κ3) is 6.36. The average Bonchev–Trinajstić information content (AvgIpc) is 3.29. The van der Waals surface area contributed by atoms with Crippen LogP contribution in [0, 0.1) is 6.92 Å². The van der Waals surface area contributed by atoms with Crippen molar-refractivity contribution in [1.29, 1.82) is 0 Å². The first-order valence-corrected chi connectivity index (χ1v) is 13.8. The van der Waals surface area contributed by atoms with Gasteiger partial charge in [0.05, 0.1) is 43.1 Å². The van der Waals surface area contributed by atoms with Gasteiger partial charge in [-0.1, -0.05) is 11.6 Å².